The molecule has 0 bridgehead atoms. The van der Waals surface area contributed by atoms with Gasteiger partial charge in [-0.15, -0.1) is 0 Å². The lowest BCUT2D eigenvalue weighted by atomic mass is 9.94. The predicted molar refractivity (Wildman–Crippen MR) is 132 cm³/mol. The van der Waals surface area contributed by atoms with E-state index < -0.39 is 12.1 Å². The summed E-state index contributed by atoms with van der Waals surface area (Å²) in [6.45, 7) is 4.26. The number of nitrogens with two attached hydrogens (primary N) is 1. The molecule has 0 spiro atoms. The van der Waals surface area contributed by atoms with E-state index >= 15 is 0 Å². The van der Waals surface area contributed by atoms with Gasteiger partial charge in [-0.3, -0.25) is 15.1 Å². The van der Waals surface area contributed by atoms with Crippen molar-refractivity contribution in [1.82, 2.24) is 20.6 Å². The van der Waals surface area contributed by atoms with E-state index in [1.807, 2.05) is 6.92 Å². The summed E-state index contributed by atoms with van der Waals surface area (Å²) in [5.41, 5.74) is 6.78. The maximum atomic E-state index is 13.2. The first-order valence-corrected chi connectivity index (χ1v) is 11.7. The number of carbonyl (C=O) groups excluding carboxylic acids is 1. The molecule has 0 aliphatic carbocycles. The summed E-state index contributed by atoms with van der Waals surface area (Å²) in [6.07, 6.45) is 7.89. The summed E-state index contributed by atoms with van der Waals surface area (Å²) in [7, 11) is 0. The molecule has 1 aromatic heterocycles. The SMILES string of the molecule is C[C@H](NC(=O)C1C=C(C#N)C=NC1NCC1CCN(c2cnc(N)cn2)CC1)c1ccc(F)cc1. The van der Waals surface area contributed by atoms with Gasteiger partial charge in [-0.25, -0.2) is 14.4 Å². The molecule has 4 N–H and O–H groups in total. The highest BCUT2D eigenvalue weighted by Crippen LogP contribution is 2.23. The summed E-state index contributed by atoms with van der Waals surface area (Å²) in [5.74, 6) is 0.463. The molecule has 10 heteroatoms. The van der Waals surface area contributed by atoms with Gasteiger partial charge in [0.15, 0.2) is 0 Å². The van der Waals surface area contributed by atoms with E-state index in [1.54, 1.807) is 30.6 Å². The number of carbonyl (C=O) groups is 1. The number of aromatic nitrogens is 2. The fourth-order valence-corrected chi connectivity index (χ4v) is 4.34. The van der Waals surface area contributed by atoms with Crippen molar-refractivity contribution in [1.29, 1.82) is 5.26 Å². The third kappa shape index (κ3) is 6.19. The number of allylic oxidation sites excluding steroid dienone is 1. The van der Waals surface area contributed by atoms with Crippen LogP contribution in [0.15, 0.2) is 53.3 Å². The first kappa shape index (κ1) is 24.3. The van der Waals surface area contributed by atoms with Crippen molar-refractivity contribution in [3.8, 4) is 6.07 Å². The molecule has 3 heterocycles. The van der Waals surface area contributed by atoms with Crippen molar-refractivity contribution in [3.63, 3.8) is 0 Å². The number of hydrogen-bond acceptors (Lipinski definition) is 8. The zero-order valence-electron chi connectivity index (χ0n) is 19.6. The molecular formula is C25H29FN8O. The maximum absolute atomic E-state index is 13.2. The van der Waals surface area contributed by atoms with E-state index in [1.165, 1.54) is 18.3 Å². The molecule has 2 aliphatic heterocycles. The van der Waals surface area contributed by atoms with E-state index in [9.17, 15) is 14.4 Å². The molecular weight excluding hydrogens is 447 g/mol. The highest BCUT2D eigenvalue weighted by molar-refractivity contribution is 5.90. The highest BCUT2D eigenvalue weighted by Gasteiger charge is 2.31. The maximum Gasteiger partial charge on any atom is 0.231 e. The average Bonchev–Trinajstić information content (AvgIpc) is 2.88. The van der Waals surface area contributed by atoms with E-state index in [4.69, 9.17) is 5.73 Å². The van der Waals surface area contributed by atoms with Gasteiger partial charge in [0.05, 0.1) is 29.9 Å². The Labute approximate surface area is 204 Å². The summed E-state index contributed by atoms with van der Waals surface area (Å²) < 4.78 is 13.2. The van der Waals surface area contributed by atoms with Gasteiger partial charge < -0.3 is 16.0 Å². The van der Waals surface area contributed by atoms with Crippen LogP contribution in [0.4, 0.5) is 16.0 Å². The van der Waals surface area contributed by atoms with Crippen molar-refractivity contribution in [2.75, 3.05) is 30.3 Å². The predicted octanol–water partition coefficient (Wildman–Crippen LogP) is 2.36. The highest BCUT2D eigenvalue weighted by atomic mass is 19.1. The molecule has 3 atom stereocenters. The number of nitriles is 1. The van der Waals surface area contributed by atoms with Gasteiger partial charge in [-0.05, 0) is 49.5 Å². The number of nitrogens with one attached hydrogen (secondary N) is 2. The number of aliphatic imine (C=N–C) groups is 1. The Bertz CT molecular complexity index is 1120. The van der Waals surface area contributed by atoms with Crippen molar-refractivity contribution < 1.29 is 9.18 Å². The molecule has 2 aromatic rings. The molecule has 1 saturated heterocycles. The third-order valence-electron chi connectivity index (χ3n) is 6.45. The van der Waals surface area contributed by atoms with E-state index in [-0.39, 0.29) is 17.8 Å². The summed E-state index contributed by atoms with van der Waals surface area (Å²) in [6, 6.07) is 7.78. The minimum atomic E-state index is -0.623. The monoisotopic (exact) mass is 476 g/mol. The van der Waals surface area contributed by atoms with Gasteiger partial charge in [0.1, 0.15) is 29.7 Å². The molecule has 35 heavy (non-hydrogen) atoms. The van der Waals surface area contributed by atoms with Crippen molar-refractivity contribution in [3.05, 3.63) is 59.7 Å². The number of nitrogen functional groups attached to an aromatic ring is 1. The molecule has 1 fully saturated rings. The van der Waals surface area contributed by atoms with Crippen LogP contribution in [-0.2, 0) is 4.79 Å². The second kappa shape index (κ2) is 11.1. The number of amides is 1. The van der Waals surface area contributed by atoms with Gasteiger partial charge in [-0.1, -0.05) is 12.1 Å². The normalized spacial score (nSPS) is 21.2. The smallest absolute Gasteiger partial charge is 0.231 e. The number of piperidine rings is 1. The van der Waals surface area contributed by atoms with Gasteiger partial charge in [0.2, 0.25) is 5.91 Å². The number of nitrogens with zero attached hydrogens (tertiary/aromatic N) is 5. The largest absolute Gasteiger partial charge is 0.382 e. The zero-order valence-corrected chi connectivity index (χ0v) is 19.6. The van der Waals surface area contributed by atoms with Crippen LogP contribution in [0.2, 0.25) is 0 Å². The lowest BCUT2D eigenvalue weighted by molar-refractivity contribution is -0.125. The molecule has 1 aromatic carbocycles. The van der Waals surface area contributed by atoms with Crippen LogP contribution in [0.25, 0.3) is 0 Å². The molecule has 2 unspecified atom stereocenters. The number of dihydropyridines is 1. The second-order valence-electron chi connectivity index (χ2n) is 8.90. The van der Waals surface area contributed by atoms with Crippen LogP contribution in [0.1, 0.15) is 31.4 Å². The Kier molecular flexibility index (Phi) is 7.67. The Balaban J connectivity index is 1.33. The fourth-order valence-electron chi connectivity index (χ4n) is 4.34. The van der Waals surface area contributed by atoms with E-state index in [0.29, 0.717) is 23.9 Å². The van der Waals surface area contributed by atoms with Gasteiger partial charge >= 0.3 is 0 Å². The third-order valence-corrected chi connectivity index (χ3v) is 6.45. The minimum Gasteiger partial charge on any atom is -0.382 e. The van der Waals surface area contributed by atoms with Gasteiger partial charge in [0.25, 0.3) is 0 Å². The summed E-state index contributed by atoms with van der Waals surface area (Å²) >= 11 is 0. The van der Waals surface area contributed by atoms with Crippen LogP contribution >= 0.6 is 0 Å². The zero-order chi connectivity index (χ0) is 24.8. The van der Waals surface area contributed by atoms with E-state index in [2.05, 4.69) is 36.6 Å². The number of benzene rings is 1. The van der Waals surface area contributed by atoms with Crippen LogP contribution in [-0.4, -0.2) is 47.9 Å². The second-order valence-corrected chi connectivity index (χ2v) is 8.90. The Morgan fingerprint density at radius 2 is 2.00 bits per heavy atom. The standard InChI is InChI=1S/C25H29FN8O/c1-16(19-2-4-20(26)5-3-19)33-25(35)21-10-18(11-27)13-32-24(21)31-12-17-6-8-34(9-7-17)23-15-29-22(28)14-30-23/h2-5,10,13-17,21,24,31H,6-9,12H2,1H3,(H2,28,29)(H,33,35)/t16-,21?,24?/m0/s1. The van der Waals surface area contributed by atoms with Crippen LogP contribution in [0.3, 0.4) is 0 Å². The Hall–Kier alpha value is -3.84. The van der Waals surface area contributed by atoms with Crippen molar-refractivity contribution in [2.45, 2.75) is 32.0 Å². The molecule has 182 valence electrons. The lowest BCUT2D eigenvalue weighted by Crippen LogP contribution is -2.47. The molecule has 1 amide bonds. The number of anilines is 2. The lowest BCUT2D eigenvalue weighted by Gasteiger charge is -2.34. The fraction of sp³-hybridized carbons (Fsp3) is 0.400. The average molecular weight is 477 g/mol. The first-order chi connectivity index (χ1) is 16.9. The van der Waals surface area contributed by atoms with Crippen LogP contribution < -0.4 is 21.3 Å². The van der Waals surface area contributed by atoms with Crippen molar-refractivity contribution >= 4 is 23.8 Å². The number of rotatable bonds is 7. The van der Waals surface area contributed by atoms with E-state index in [0.717, 1.165) is 37.3 Å². The van der Waals surface area contributed by atoms with Crippen LogP contribution in [0, 0.1) is 29.0 Å². The number of hydrogen-bond donors (Lipinski definition) is 3. The minimum absolute atomic E-state index is 0.235. The molecule has 9 nitrogen and oxygen atoms in total. The van der Waals surface area contributed by atoms with Crippen LogP contribution in [0.5, 0.6) is 0 Å². The molecule has 4 rings (SSSR count). The quantitative estimate of drug-likeness (QED) is 0.559. The van der Waals surface area contributed by atoms with Gasteiger partial charge in [0, 0.05) is 25.8 Å². The first-order valence-electron chi connectivity index (χ1n) is 11.7. The Morgan fingerprint density at radius 3 is 2.66 bits per heavy atom. The molecule has 2 aliphatic rings. The molecule has 0 radical (unpaired) electrons. The van der Waals surface area contributed by atoms with Crippen molar-refractivity contribution in [2.24, 2.45) is 16.8 Å². The Morgan fingerprint density at radius 1 is 1.26 bits per heavy atom. The summed E-state index contributed by atoms with van der Waals surface area (Å²) in [5, 5.41) is 15.7. The summed E-state index contributed by atoms with van der Waals surface area (Å²) in [4.78, 5) is 28.2. The molecule has 0 saturated carbocycles. The number of halogens is 1. The topological polar surface area (TPSA) is 132 Å². The van der Waals surface area contributed by atoms with Gasteiger partial charge in [-0.2, -0.15) is 5.26 Å².